The zero-order chi connectivity index (χ0) is 14.4. The first-order valence-electron chi connectivity index (χ1n) is 7.02. The molecule has 2 heterocycles. The standard InChI is InChI=1S/C15H18F2N2O.ClH/c1-8-5-11(6-9(2)18-8)19-13(20)7-10-3-4-12(16)14(17)15(10)19;/h3-4,8-9,11,18H,5-7H2,1-2H3;1H. The Hall–Kier alpha value is -1.20. The molecule has 1 aromatic rings. The highest BCUT2D eigenvalue weighted by Crippen LogP contribution is 2.37. The number of benzene rings is 1. The van der Waals surface area contributed by atoms with Crippen molar-refractivity contribution in [3.63, 3.8) is 0 Å². The summed E-state index contributed by atoms with van der Waals surface area (Å²) in [7, 11) is 0. The molecule has 2 aliphatic heterocycles. The van der Waals surface area contributed by atoms with Gasteiger partial charge in [0.05, 0.1) is 12.1 Å². The quantitative estimate of drug-likeness (QED) is 0.864. The molecule has 1 aromatic carbocycles. The van der Waals surface area contributed by atoms with Crippen molar-refractivity contribution in [1.82, 2.24) is 5.32 Å². The molecule has 6 heteroatoms. The maximum Gasteiger partial charge on any atom is 0.231 e. The molecule has 0 spiro atoms. The van der Waals surface area contributed by atoms with Gasteiger partial charge in [0.2, 0.25) is 5.91 Å². The minimum atomic E-state index is -0.896. The van der Waals surface area contributed by atoms with E-state index in [-0.39, 0.29) is 48.5 Å². The van der Waals surface area contributed by atoms with E-state index in [1.165, 1.54) is 11.0 Å². The molecule has 3 rings (SSSR count). The first-order chi connectivity index (χ1) is 9.47. The maximum absolute atomic E-state index is 14.1. The Morgan fingerprint density at radius 1 is 1.19 bits per heavy atom. The zero-order valence-electron chi connectivity index (χ0n) is 12.0. The van der Waals surface area contributed by atoms with Crippen LogP contribution >= 0.6 is 12.4 Å². The highest BCUT2D eigenvalue weighted by Gasteiger charge is 2.39. The van der Waals surface area contributed by atoms with Gasteiger partial charge in [-0.25, -0.2) is 8.78 Å². The number of fused-ring (bicyclic) bond motifs is 1. The van der Waals surface area contributed by atoms with Crippen molar-refractivity contribution in [2.45, 2.75) is 51.2 Å². The maximum atomic E-state index is 14.1. The molecule has 2 atom stereocenters. The summed E-state index contributed by atoms with van der Waals surface area (Å²) in [6.07, 6.45) is 1.68. The summed E-state index contributed by atoms with van der Waals surface area (Å²) in [5, 5.41) is 3.39. The molecule has 21 heavy (non-hydrogen) atoms. The van der Waals surface area contributed by atoms with E-state index in [9.17, 15) is 13.6 Å². The van der Waals surface area contributed by atoms with Gasteiger partial charge in [0.1, 0.15) is 0 Å². The van der Waals surface area contributed by atoms with E-state index in [1.807, 2.05) is 13.8 Å². The Kier molecular flexibility index (Phi) is 4.54. The topological polar surface area (TPSA) is 32.3 Å². The van der Waals surface area contributed by atoms with Gasteiger partial charge in [0.15, 0.2) is 11.6 Å². The lowest BCUT2D eigenvalue weighted by molar-refractivity contribution is -0.118. The lowest BCUT2D eigenvalue weighted by Gasteiger charge is -2.38. The Morgan fingerprint density at radius 3 is 2.43 bits per heavy atom. The Balaban J connectivity index is 0.00000161. The van der Waals surface area contributed by atoms with Crippen LogP contribution in [0.25, 0.3) is 0 Å². The number of hydrogen-bond donors (Lipinski definition) is 1. The number of carbonyl (C=O) groups excluding carboxylic acids is 1. The van der Waals surface area contributed by atoms with Crippen LogP contribution < -0.4 is 10.2 Å². The molecular weight excluding hydrogens is 298 g/mol. The van der Waals surface area contributed by atoms with E-state index < -0.39 is 11.6 Å². The molecule has 2 unspecified atom stereocenters. The molecule has 1 amide bonds. The largest absolute Gasteiger partial charge is 0.312 e. The third kappa shape index (κ3) is 2.77. The molecule has 3 nitrogen and oxygen atoms in total. The van der Waals surface area contributed by atoms with Crippen LogP contribution in [0.4, 0.5) is 14.5 Å². The summed E-state index contributed by atoms with van der Waals surface area (Å²) in [6.45, 7) is 4.10. The van der Waals surface area contributed by atoms with Crippen molar-refractivity contribution in [2.24, 2.45) is 0 Å². The molecule has 1 fully saturated rings. The number of hydrogen-bond acceptors (Lipinski definition) is 2. The fourth-order valence-corrected chi connectivity index (χ4v) is 3.49. The SMILES string of the molecule is CC1CC(N2C(=O)Cc3ccc(F)c(F)c32)CC(C)N1.Cl. The molecule has 2 aliphatic rings. The lowest BCUT2D eigenvalue weighted by atomic mass is 9.94. The smallest absolute Gasteiger partial charge is 0.231 e. The first kappa shape index (κ1) is 16.2. The number of nitrogens with zero attached hydrogens (tertiary/aromatic N) is 1. The minimum Gasteiger partial charge on any atom is -0.312 e. The molecule has 0 bridgehead atoms. The number of piperidine rings is 1. The molecule has 1 saturated heterocycles. The van der Waals surface area contributed by atoms with Gasteiger partial charge in [-0.05, 0) is 38.3 Å². The van der Waals surface area contributed by atoms with Crippen LogP contribution in [0.3, 0.4) is 0 Å². The van der Waals surface area contributed by atoms with Gasteiger partial charge in [-0.15, -0.1) is 12.4 Å². The molecule has 0 radical (unpaired) electrons. The number of nitrogens with one attached hydrogen (secondary N) is 1. The average molecular weight is 317 g/mol. The zero-order valence-corrected chi connectivity index (χ0v) is 12.8. The van der Waals surface area contributed by atoms with Crippen LogP contribution in [-0.2, 0) is 11.2 Å². The number of carbonyl (C=O) groups is 1. The summed E-state index contributed by atoms with van der Waals surface area (Å²) < 4.78 is 27.6. The predicted octanol–water partition coefficient (Wildman–Crippen LogP) is 2.80. The van der Waals surface area contributed by atoms with Crippen molar-refractivity contribution >= 4 is 24.0 Å². The number of halogens is 3. The van der Waals surface area contributed by atoms with E-state index in [4.69, 9.17) is 0 Å². The molecule has 0 aromatic heterocycles. The summed E-state index contributed by atoms with van der Waals surface area (Å²) in [5.74, 6) is -1.92. The van der Waals surface area contributed by atoms with Crippen molar-refractivity contribution in [3.05, 3.63) is 29.3 Å². The second kappa shape index (κ2) is 5.89. The second-order valence-electron chi connectivity index (χ2n) is 5.90. The lowest BCUT2D eigenvalue weighted by Crippen LogP contribution is -2.52. The number of anilines is 1. The van der Waals surface area contributed by atoms with Crippen LogP contribution in [0.5, 0.6) is 0 Å². The van der Waals surface area contributed by atoms with Gasteiger partial charge >= 0.3 is 0 Å². The van der Waals surface area contributed by atoms with E-state index >= 15 is 0 Å². The van der Waals surface area contributed by atoms with Crippen LogP contribution in [0.15, 0.2) is 12.1 Å². The fourth-order valence-electron chi connectivity index (χ4n) is 3.49. The summed E-state index contributed by atoms with van der Waals surface area (Å²) in [5.41, 5.74) is 0.744. The van der Waals surface area contributed by atoms with E-state index in [0.29, 0.717) is 5.56 Å². The van der Waals surface area contributed by atoms with Crippen LogP contribution in [0.2, 0.25) is 0 Å². The third-order valence-electron chi connectivity index (χ3n) is 4.19. The minimum absolute atomic E-state index is 0. The molecule has 0 saturated carbocycles. The van der Waals surface area contributed by atoms with Gasteiger partial charge in [-0.3, -0.25) is 4.79 Å². The van der Waals surface area contributed by atoms with E-state index in [2.05, 4.69) is 5.32 Å². The highest BCUT2D eigenvalue weighted by molar-refractivity contribution is 6.02. The molecule has 0 aliphatic carbocycles. The Labute approximate surface area is 129 Å². The second-order valence-corrected chi connectivity index (χ2v) is 5.90. The Morgan fingerprint density at radius 2 is 1.81 bits per heavy atom. The third-order valence-corrected chi connectivity index (χ3v) is 4.19. The predicted molar refractivity (Wildman–Crippen MR) is 79.9 cm³/mol. The average Bonchev–Trinajstić information content (AvgIpc) is 2.70. The van der Waals surface area contributed by atoms with Crippen molar-refractivity contribution in [3.8, 4) is 0 Å². The summed E-state index contributed by atoms with van der Waals surface area (Å²) in [6, 6.07) is 3.07. The van der Waals surface area contributed by atoms with Gasteiger partial charge < -0.3 is 10.2 Å². The summed E-state index contributed by atoms with van der Waals surface area (Å²) >= 11 is 0. The number of rotatable bonds is 1. The van der Waals surface area contributed by atoms with Crippen molar-refractivity contribution in [1.29, 1.82) is 0 Å². The normalized spacial score (nSPS) is 28.3. The van der Waals surface area contributed by atoms with Crippen molar-refractivity contribution < 1.29 is 13.6 Å². The van der Waals surface area contributed by atoms with Crippen LogP contribution in [0.1, 0.15) is 32.3 Å². The van der Waals surface area contributed by atoms with E-state index in [1.54, 1.807) is 0 Å². The first-order valence-corrected chi connectivity index (χ1v) is 7.02. The van der Waals surface area contributed by atoms with Gasteiger partial charge in [-0.1, -0.05) is 6.07 Å². The van der Waals surface area contributed by atoms with Crippen molar-refractivity contribution in [2.75, 3.05) is 4.90 Å². The Bertz CT molecular complexity index is 557. The van der Waals surface area contributed by atoms with Gasteiger partial charge in [0.25, 0.3) is 0 Å². The highest BCUT2D eigenvalue weighted by atomic mass is 35.5. The molecule has 1 N–H and O–H groups in total. The van der Waals surface area contributed by atoms with Gasteiger partial charge in [0, 0.05) is 18.1 Å². The van der Waals surface area contributed by atoms with Gasteiger partial charge in [-0.2, -0.15) is 0 Å². The number of amides is 1. The van der Waals surface area contributed by atoms with Crippen LogP contribution in [0, 0.1) is 11.6 Å². The molecular formula is C15H19ClF2N2O. The molecule has 116 valence electrons. The monoisotopic (exact) mass is 316 g/mol. The van der Waals surface area contributed by atoms with E-state index in [0.717, 1.165) is 18.9 Å². The fraction of sp³-hybridized carbons (Fsp3) is 0.533. The van der Waals surface area contributed by atoms with Crippen LogP contribution in [-0.4, -0.2) is 24.0 Å². The summed E-state index contributed by atoms with van der Waals surface area (Å²) in [4.78, 5) is 13.7.